The molecule has 1 N–H and O–H groups in total. The first kappa shape index (κ1) is 16.7. The van der Waals surface area contributed by atoms with Crippen LogP contribution in [0.5, 0.6) is 0 Å². The van der Waals surface area contributed by atoms with Crippen LogP contribution in [0.25, 0.3) is 0 Å². The average Bonchev–Trinajstić information content (AvgIpc) is 2.61. The summed E-state index contributed by atoms with van der Waals surface area (Å²) in [4.78, 5) is 21.7. The van der Waals surface area contributed by atoms with Crippen molar-refractivity contribution in [2.24, 2.45) is 0 Å². The number of ether oxygens (including phenoxy) is 1. The molecule has 0 saturated carbocycles. The van der Waals surface area contributed by atoms with E-state index in [1.807, 2.05) is 48.5 Å². The third kappa shape index (κ3) is 5.58. The highest BCUT2D eigenvalue weighted by atomic mass is 16.5. The Labute approximate surface area is 136 Å². The fourth-order valence-electron chi connectivity index (χ4n) is 2.16. The number of benzene rings is 2. The zero-order valence-electron chi connectivity index (χ0n) is 13.2. The van der Waals surface area contributed by atoms with E-state index < -0.39 is 0 Å². The predicted octanol–water partition coefficient (Wildman–Crippen LogP) is 3.71. The molecule has 1 aliphatic rings. The standard InChI is InChI=1S/C10H12O2.C9H9NO/c1-2-10(11)12-8-9-6-4-3-5-7-9;11-9-6-5-7-3-1-2-4-8(7)10-9/h3-7H,2,8H2,1H3;1-4H,5-6H2,(H,10,11). The highest BCUT2D eigenvalue weighted by Gasteiger charge is 2.12. The third-order valence-corrected chi connectivity index (χ3v) is 3.44. The Bertz CT molecular complexity index is 653. The molecule has 0 bridgehead atoms. The normalized spacial score (nSPS) is 12.3. The Morgan fingerprint density at radius 3 is 2.48 bits per heavy atom. The number of anilines is 1. The van der Waals surface area contributed by atoms with E-state index in [-0.39, 0.29) is 11.9 Å². The summed E-state index contributed by atoms with van der Waals surface area (Å²) < 4.78 is 4.94. The summed E-state index contributed by atoms with van der Waals surface area (Å²) in [5, 5.41) is 2.82. The summed E-state index contributed by atoms with van der Waals surface area (Å²) in [7, 11) is 0. The van der Waals surface area contributed by atoms with Crippen molar-refractivity contribution >= 4 is 17.6 Å². The molecule has 0 unspecified atom stereocenters. The van der Waals surface area contributed by atoms with Gasteiger partial charge in [0.2, 0.25) is 5.91 Å². The number of hydrogen-bond donors (Lipinski definition) is 1. The molecular weight excluding hydrogens is 290 g/mol. The van der Waals surface area contributed by atoms with Crippen molar-refractivity contribution in [3.8, 4) is 0 Å². The highest BCUT2D eigenvalue weighted by Crippen LogP contribution is 2.20. The van der Waals surface area contributed by atoms with E-state index in [2.05, 4.69) is 11.4 Å². The summed E-state index contributed by atoms with van der Waals surface area (Å²) in [6.45, 7) is 2.17. The summed E-state index contributed by atoms with van der Waals surface area (Å²) in [5.74, 6) is -0.0254. The van der Waals surface area contributed by atoms with E-state index in [1.165, 1.54) is 5.56 Å². The molecule has 1 aliphatic heterocycles. The maximum Gasteiger partial charge on any atom is 0.305 e. The van der Waals surface area contributed by atoms with Crippen LogP contribution in [0.1, 0.15) is 30.9 Å². The molecule has 4 heteroatoms. The maximum absolute atomic E-state index is 10.9. The molecule has 2 aromatic carbocycles. The summed E-state index contributed by atoms with van der Waals surface area (Å²) >= 11 is 0. The van der Waals surface area contributed by atoms with Crippen LogP contribution in [0.4, 0.5) is 5.69 Å². The molecule has 2 aromatic rings. The van der Waals surface area contributed by atoms with Gasteiger partial charge in [-0.1, -0.05) is 55.5 Å². The van der Waals surface area contributed by atoms with Crippen LogP contribution in [-0.4, -0.2) is 11.9 Å². The molecule has 0 aliphatic carbocycles. The SMILES string of the molecule is CCC(=O)OCc1ccccc1.O=C1CCc2ccccc2N1. The first-order valence-corrected chi connectivity index (χ1v) is 7.76. The van der Waals surface area contributed by atoms with E-state index in [4.69, 9.17) is 4.74 Å². The maximum atomic E-state index is 10.9. The molecule has 0 fully saturated rings. The Morgan fingerprint density at radius 2 is 1.74 bits per heavy atom. The molecule has 3 rings (SSSR count). The highest BCUT2D eigenvalue weighted by molar-refractivity contribution is 5.93. The molecule has 1 amide bonds. The van der Waals surface area contributed by atoms with Gasteiger partial charge in [0.25, 0.3) is 0 Å². The van der Waals surface area contributed by atoms with Crippen molar-refractivity contribution in [1.29, 1.82) is 0 Å². The first-order valence-electron chi connectivity index (χ1n) is 7.76. The van der Waals surface area contributed by atoms with E-state index in [0.29, 0.717) is 19.4 Å². The Balaban J connectivity index is 0.000000167. The van der Waals surface area contributed by atoms with Crippen LogP contribution in [0.3, 0.4) is 0 Å². The fraction of sp³-hybridized carbons (Fsp3) is 0.263. The monoisotopic (exact) mass is 311 g/mol. The molecule has 1 heterocycles. The van der Waals surface area contributed by atoms with Gasteiger partial charge in [-0.3, -0.25) is 9.59 Å². The fourth-order valence-corrected chi connectivity index (χ4v) is 2.16. The number of para-hydroxylation sites is 1. The Morgan fingerprint density at radius 1 is 1.04 bits per heavy atom. The predicted molar refractivity (Wildman–Crippen MR) is 89.9 cm³/mol. The number of aryl methyl sites for hydroxylation is 1. The second-order valence-corrected chi connectivity index (χ2v) is 5.21. The number of hydrogen-bond acceptors (Lipinski definition) is 3. The van der Waals surface area contributed by atoms with E-state index >= 15 is 0 Å². The smallest absolute Gasteiger partial charge is 0.305 e. The third-order valence-electron chi connectivity index (χ3n) is 3.44. The van der Waals surface area contributed by atoms with Crippen molar-refractivity contribution in [1.82, 2.24) is 0 Å². The molecular formula is C19H21NO3. The lowest BCUT2D eigenvalue weighted by Crippen LogP contribution is -2.18. The van der Waals surface area contributed by atoms with Crippen LogP contribution in [0.15, 0.2) is 54.6 Å². The quantitative estimate of drug-likeness (QED) is 0.879. The van der Waals surface area contributed by atoms with Crippen LogP contribution < -0.4 is 5.32 Å². The van der Waals surface area contributed by atoms with Gasteiger partial charge in [-0.15, -0.1) is 0 Å². The molecule has 0 spiro atoms. The van der Waals surface area contributed by atoms with Crippen LogP contribution in [0.2, 0.25) is 0 Å². The van der Waals surface area contributed by atoms with E-state index in [0.717, 1.165) is 17.7 Å². The average molecular weight is 311 g/mol. The molecule has 0 aromatic heterocycles. The summed E-state index contributed by atoms with van der Waals surface area (Å²) in [5.41, 5.74) is 3.25. The van der Waals surface area contributed by atoms with Gasteiger partial charge in [0.05, 0.1) is 0 Å². The second-order valence-electron chi connectivity index (χ2n) is 5.21. The van der Waals surface area contributed by atoms with Crippen LogP contribution >= 0.6 is 0 Å². The summed E-state index contributed by atoms with van der Waals surface area (Å²) in [6, 6.07) is 17.6. The van der Waals surface area contributed by atoms with Crippen LogP contribution in [0, 0.1) is 0 Å². The van der Waals surface area contributed by atoms with Crippen molar-refractivity contribution in [3.05, 3.63) is 65.7 Å². The molecule has 120 valence electrons. The number of amides is 1. The van der Waals surface area contributed by atoms with Gasteiger partial charge in [0.15, 0.2) is 0 Å². The number of carbonyl (C=O) groups is 2. The number of esters is 1. The van der Waals surface area contributed by atoms with E-state index in [1.54, 1.807) is 6.92 Å². The topological polar surface area (TPSA) is 55.4 Å². The largest absolute Gasteiger partial charge is 0.461 e. The zero-order valence-corrected chi connectivity index (χ0v) is 13.2. The van der Waals surface area contributed by atoms with Gasteiger partial charge in [-0.25, -0.2) is 0 Å². The van der Waals surface area contributed by atoms with Gasteiger partial charge >= 0.3 is 5.97 Å². The van der Waals surface area contributed by atoms with Gasteiger partial charge in [-0.05, 0) is 23.6 Å². The van der Waals surface area contributed by atoms with Gasteiger partial charge in [-0.2, -0.15) is 0 Å². The number of nitrogens with one attached hydrogen (secondary N) is 1. The lowest BCUT2D eigenvalue weighted by atomic mass is 10.0. The van der Waals surface area contributed by atoms with Crippen molar-refractivity contribution in [2.45, 2.75) is 32.8 Å². The van der Waals surface area contributed by atoms with Crippen molar-refractivity contribution in [3.63, 3.8) is 0 Å². The van der Waals surface area contributed by atoms with Gasteiger partial charge in [0.1, 0.15) is 6.61 Å². The number of fused-ring (bicyclic) bond motifs is 1. The van der Waals surface area contributed by atoms with Gasteiger partial charge in [0, 0.05) is 18.5 Å². The van der Waals surface area contributed by atoms with Gasteiger partial charge < -0.3 is 10.1 Å². The zero-order chi connectivity index (χ0) is 16.5. The minimum absolute atomic E-state index is 0.128. The molecule has 0 saturated heterocycles. The minimum atomic E-state index is -0.154. The molecule has 0 radical (unpaired) electrons. The van der Waals surface area contributed by atoms with E-state index in [9.17, 15) is 9.59 Å². The first-order chi connectivity index (χ1) is 11.2. The summed E-state index contributed by atoms with van der Waals surface area (Å²) in [6.07, 6.45) is 1.94. The number of rotatable bonds is 3. The number of carbonyl (C=O) groups excluding carboxylic acids is 2. The second kappa shape index (κ2) is 8.73. The lowest BCUT2D eigenvalue weighted by molar-refractivity contribution is -0.144. The van der Waals surface area contributed by atoms with Crippen LogP contribution in [-0.2, 0) is 27.4 Å². The van der Waals surface area contributed by atoms with Crippen molar-refractivity contribution < 1.29 is 14.3 Å². The van der Waals surface area contributed by atoms with Crippen molar-refractivity contribution in [2.75, 3.05) is 5.32 Å². The molecule has 0 atom stereocenters. The molecule has 23 heavy (non-hydrogen) atoms. The molecule has 4 nitrogen and oxygen atoms in total. The Kier molecular flexibility index (Phi) is 6.36. The Hall–Kier alpha value is -2.62. The minimum Gasteiger partial charge on any atom is -0.461 e. The lowest BCUT2D eigenvalue weighted by Gasteiger charge is -2.15.